The fourth-order valence-corrected chi connectivity index (χ4v) is 3.82. The van der Waals surface area contributed by atoms with Gasteiger partial charge in [0.2, 0.25) is 0 Å². The number of fused-ring (bicyclic) bond motifs is 1. The zero-order valence-corrected chi connectivity index (χ0v) is 8.85. The maximum atomic E-state index is 11.0. The van der Waals surface area contributed by atoms with Gasteiger partial charge in [-0.2, -0.15) is 0 Å². The summed E-state index contributed by atoms with van der Waals surface area (Å²) >= 11 is -2.49. The summed E-state index contributed by atoms with van der Waals surface area (Å²) in [5.74, 6) is -4.89. The van der Waals surface area contributed by atoms with E-state index >= 15 is 0 Å². The molecule has 2 fully saturated rings. The second kappa shape index (κ2) is 3.25. The summed E-state index contributed by atoms with van der Waals surface area (Å²) in [6.45, 7) is 0. The molecule has 0 saturated heterocycles. The second-order valence-corrected chi connectivity index (χ2v) is 5.44. The third-order valence-electron chi connectivity index (χ3n) is 3.57. The molecule has 0 aliphatic heterocycles. The lowest BCUT2D eigenvalue weighted by atomic mass is 9.91. The van der Waals surface area contributed by atoms with Crippen molar-refractivity contribution in [1.29, 1.82) is 0 Å². The first kappa shape index (κ1) is 11.5. The number of carboxylic acids is 2. The number of carbonyl (C=O) groups is 2. The molecule has 8 heteroatoms. The quantitative estimate of drug-likeness (QED) is 0.509. The van der Waals surface area contributed by atoms with Gasteiger partial charge in [-0.1, -0.05) is 11.1 Å². The van der Waals surface area contributed by atoms with E-state index in [0.717, 1.165) is 0 Å². The lowest BCUT2D eigenvalue weighted by Gasteiger charge is -2.25. The summed E-state index contributed by atoms with van der Waals surface area (Å²) in [7, 11) is 0. The van der Waals surface area contributed by atoms with E-state index in [4.69, 9.17) is 15.9 Å². The molecule has 4 N–H and O–H groups in total. The van der Waals surface area contributed by atoms with Crippen molar-refractivity contribution >= 4 is 23.0 Å². The van der Waals surface area contributed by atoms with Crippen LogP contribution in [0.25, 0.3) is 0 Å². The number of aliphatic carboxylic acids is 2. The van der Waals surface area contributed by atoms with Crippen LogP contribution in [0, 0.1) is 17.8 Å². The van der Waals surface area contributed by atoms with Crippen molar-refractivity contribution in [1.82, 2.24) is 0 Å². The largest absolute Gasteiger partial charge is 0.772 e. The molecule has 2 aliphatic carbocycles. The van der Waals surface area contributed by atoms with Gasteiger partial charge in [0.15, 0.2) is 0 Å². The first-order valence-corrected chi connectivity index (χ1v) is 5.77. The molecule has 0 spiro atoms. The van der Waals surface area contributed by atoms with Crippen LogP contribution in [0.4, 0.5) is 0 Å². The predicted molar refractivity (Wildman–Crippen MR) is 50.0 cm³/mol. The molecule has 0 aromatic heterocycles. The van der Waals surface area contributed by atoms with Crippen molar-refractivity contribution in [3.63, 3.8) is 0 Å². The molecular formula is C8H10NO6S-. The Morgan fingerprint density at radius 2 is 2.00 bits per heavy atom. The lowest BCUT2D eigenvalue weighted by Crippen LogP contribution is -2.51. The van der Waals surface area contributed by atoms with E-state index in [0.29, 0.717) is 0 Å². The minimum atomic E-state index is -2.49. The standard InChI is InChI=1S/C8H11NO6S/c9-8(7(12)13)1-2(16(14)15)3-4(5(3)8)6(10)11/h2-5H,1,9H2,(H,10,11)(H,12,13)(H,14,15)/p-1. The third-order valence-corrected chi connectivity index (χ3v) is 4.54. The zero-order valence-electron chi connectivity index (χ0n) is 8.03. The van der Waals surface area contributed by atoms with Gasteiger partial charge in [0, 0.05) is 11.2 Å². The van der Waals surface area contributed by atoms with Crippen LogP contribution in [0.5, 0.6) is 0 Å². The number of nitrogens with two attached hydrogens (primary N) is 1. The zero-order chi connectivity index (χ0) is 12.2. The van der Waals surface area contributed by atoms with Gasteiger partial charge in [-0.3, -0.25) is 13.8 Å². The lowest BCUT2D eigenvalue weighted by molar-refractivity contribution is -0.145. The summed E-state index contributed by atoms with van der Waals surface area (Å²) in [5.41, 5.74) is 3.88. The molecule has 2 aliphatic rings. The Morgan fingerprint density at radius 3 is 2.38 bits per heavy atom. The maximum Gasteiger partial charge on any atom is 0.324 e. The second-order valence-electron chi connectivity index (χ2n) is 4.32. The highest BCUT2D eigenvalue weighted by Crippen LogP contribution is 2.62. The number of rotatable bonds is 3. The van der Waals surface area contributed by atoms with Crippen molar-refractivity contribution in [2.75, 3.05) is 0 Å². The average Bonchev–Trinajstić information content (AvgIpc) is 2.81. The van der Waals surface area contributed by atoms with Gasteiger partial charge in [-0.25, -0.2) is 0 Å². The monoisotopic (exact) mass is 248 g/mol. The molecule has 2 rings (SSSR count). The molecule has 2 saturated carbocycles. The molecule has 7 nitrogen and oxygen atoms in total. The SMILES string of the molecule is NC1(C(=O)O)CC(S(=O)[O-])C2C(C(=O)O)C21. The Kier molecular flexibility index (Phi) is 2.34. The first-order valence-electron chi connectivity index (χ1n) is 4.64. The van der Waals surface area contributed by atoms with Crippen LogP contribution in [0.2, 0.25) is 0 Å². The highest BCUT2D eigenvalue weighted by atomic mass is 32.2. The van der Waals surface area contributed by atoms with Crippen molar-refractivity contribution in [3.05, 3.63) is 0 Å². The fourth-order valence-electron chi connectivity index (χ4n) is 2.81. The maximum absolute atomic E-state index is 11.0. The molecule has 0 bridgehead atoms. The number of hydrogen-bond acceptors (Lipinski definition) is 5. The summed E-state index contributed by atoms with van der Waals surface area (Å²) in [5, 5.41) is 16.8. The number of hydrogen-bond donors (Lipinski definition) is 3. The Labute approximate surface area is 92.9 Å². The van der Waals surface area contributed by atoms with Crippen LogP contribution in [0.3, 0.4) is 0 Å². The molecule has 6 atom stereocenters. The number of carboxylic acid groups (broad SMARTS) is 2. The third kappa shape index (κ3) is 1.30. The van der Waals surface area contributed by atoms with Crippen LogP contribution < -0.4 is 5.73 Å². The van der Waals surface area contributed by atoms with E-state index < -0.39 is 51.6 Å². The van der Waals surface area contributed by atoms with Crippen molar-refractivity contribution < 1.29 is 28.6 Å². The van der Waals surface area contributed by atoms with E-state index in [1.807, 2.05) is 0 Å². The van der Waals surface area contributed by atoms with Crippen LogP contribution in [-0.4, -0.2) is 41.7 Å². The minimum Gasteiger partial charge on any atom is -0.772 e. The van der Waals surface area contributed by atoms with Gasteiger partial charge in [0.05, 0.1) is 5.92 Å². The smallest absolute Gasteiger partial charge is 0.324 e. The molecule has 0 aromatic rings. The van der Waals surface area contributed by atoms with E-state index in [9.17, 15) is 18.4 Å². The van der Waals surface area contributed by atoms with E-state index in [2.05, 4.69) is 0 Å². The Hall–Kier alpha value is -0.990. The molecular weight excluding hydrogens is 238 g/mol. The van der Waals surface area contributed by atoms with Crippen LogP contribution in [0.15, 0.2) is 0 Å². The molecule has 0 aromatic carbocycles. The van der Waals surface area contributed by atoms with Gasteiger partial charge in [-0.05, 0) is 12.3 Å². The highest BCUT2D eigenvalue weighted by molar-refractivity contribution is 7.79. The summed E-state index contributed by atoms with van der Waals surface area (Å²) in [6.07, 6.45) is -0.211. The minimum absolute atomic E-state index is 0.211. The van der Waals surface area contributed by atoms with Gasteiger partial charge in [0.1, 0.15) is 5.54 Å². The molecule has 90 valence electrons. The Morgan fingerprint density at radius 1 is 1.44 bits per heavy atom. The highest BCUT2D eigenvalue weighted by Gasteiger charge is 2.74. The molecule has 16 heavy (non-hydrogen) atoms. The first-order chi connectivity index (χ1) is 7.30. The van der Waals surface area contributed by atoms with Crippen LogP contribution in [-0.2, 0) is 20.7 Å². The Balaban J connectivity index is 2.32. The van der Waals surface area contributed by atoms with Gasteiger partial charge in [0.25, 0.3) is 0 Å². The van der Waals surface area contributed by atoms with Gasteiger partial charge >= 0.3 is 11.9 Å². The van der Waals surface area contributed by atoms with Crippen LogP contribution >= 0.6 is 0 Å². The van der Waals surface area contributed by atoms with Gasteiger partial charge < -0.3 is 20.5 Å². The summed E-state index contributed by atoms with van der Waals surface area (Å²) in [6, 6.07) is 0. The summed E-state index contributed by atoms with van der Waals surface area (Å²) < 4.78 is 21.8. The molecule has 0 heterocycles. The van der Waals surface area contributed by atoms with Gasteiger partial charge in [-0.15, -0.1) is 0 Å². The van der Waals surface area contributed by atoms with Crippen LogP contribution in [0.1, 0.15) is 6.42 Å². The molecule has 0 amide bonds. The van der Waals surface area contributed by atoms with Crippen molar-refractivity contribution in [2.45, 2.75) is 17.2 Å². The molecule has 6 unspecified atom stereocenters. The normalized spacial score (nSPS) is 47.1. The van der Waals surface area contributed by atoms with E-state index in [1.54, 1.807) is 0 Å². The average molecular weight is 248 g/mol. The van der Waals surface area contributed by atoms with Crippen molar-refractivity contribution in [2.24, 2.45) is 23.5 Å². The van der Waals surface area contributed by atoms with E-state index in [1.165, 1.54) is 0 Å². The van der Waals surface area contributed by atoms with Crippen molar-refractivity contribution in [3.8, 4) is 0 Å². The topological polar surface area (TPSA) is 141 Å². The predicted octanol–water partition coefficient (Wildman–Crippen LogP) is -1.63. The fraction of sp³-hybridized carbons (Fsp3) is 0.750. The van der Waals surface area contributed by atoms with E-state index in [-0.39, 0.29) is 6.42 Å². The molecule has 0 radical (unpaired) electrons. The Bertz CT molecular complexity index is 398. The summed E-state index contributed by atoms with van der Waals surface area (Å²) in [4.78, 5) is 21.8.